The van der Waals surface area contributed by atoms with Gasteiger partial charge < -0.3 is 13.7 Å². The summed E-state index contributed by atoms with van der Waals surface area (Å²) in [5.74, 6) is 0. The van der Waals surface area contributed by atoms with Gasteiger partial charge in [0, 0.05) is 16.3 Å². The van der Waals surface area contributed by atoms with Crippen molar-refractivity contribution in [2.75, 3.05) is 0 Å². The zero-order valence-electron chi connectivity index (χ0n) is 16.8. The number of benzene rings is 2. The van der Waals surface area contributed by atoms with E-state index in [9.17, 15) is 0 Å². The van der Waals surface area contributed by atoms with Gasteiger partial charge in [-0.05, 0) is 44.6 Å². The van der Waals surface area contributed by atoms with E-state index in [4.69, 9.17) is 13.7 Å². The molecule has 2 heterocycles. The van der Waals surface area contributed by atoms with E-state index in [-0.39, 0.29) is 23.7 Å². The van der Waals surface area contributed by atoms with E-state index < -0.39 is 0 Å². The Labute approximate surface area is 155 Å². The number of hydrogen-bond acceptors (Lipinski definition) is 3. The summed E-state index contributed by atoms with van der Waals surface area (Å²) >= 11 is 0. The normalized spacial score (nSPS) is 19.6. The molecule has 0 spiro atoms. The van der Waals surface area contributed by atoms with Crippen molar-refractivity contribution < 1.29 is 13.7 Å². The lowest BCUT2D eigenvalue weighted by atomic mass is 9.78. The average molecular weight is 350 g/mol. The Morgan fingerprint density at radius 1 is 0.846 bits per heavy atom. The minimum atomic E-state index is -0.361. The number of para-hydroxylation sites is 1. The van der Waals surface area contributed by atoms with Crippen LogP contribution in [0, 0.1) is 0 Å². The summed E-state index contributed by atoms with van der Waals surface area (Å²) in [6, 6.07) is 12.6. The van der Waals surface area contributed by atoms with Crippen LogP contribution in [0.4, 0.5) is 0 Å². The molecule has 0 amide bonds. The molecule has 3 nitrogen and oxygen atoms in total. The van der Waals surface area contributed by atoms with Crippen LogP contribution in [0.2, 0.25) is 0 Å². The molecular formula is C22H27BO3. The number of fused-ring (bicyclic) bond motifs is 3. The molecule has 26 heavy (non-hydrogen) atoms. The average Bonchev–Trinajstić information content (AvgIpc) is 2.99. The lowest BCUT2D eigenvalue weighted by molar-refractivity contribution is 0.00578. The van der Waals surface area contributed by atoms with E-state index in [2.05, 4.69) is 72.7 Å². The lowest BCUT2D eigenvalue weighted by Crippen LogP contribution is -2.41. The third kappa shape index (κ3) is 2.59. The van der Waals surface area contributed by atoms with Crippen molar-refractivity contribution in [3.8, 4) is 0 Å². The van der Waals surface area contributed by atoms with Crippen molar-refractivity contribution in [3.05, 3.63) is 42.0 Å². The fourth-order valence-electron chi connectivity index (χ4n) is 3.53. The van der Waals surface area contributed by atoms with Gasteiger partial charge in [0.15, 0.2) is 0 Å². The highest BCUT2D eigenvalue weighted by Gasteiger charge is 2.51. The first-order chi connectivity index (χ1) is 12.0. The molecule has 2 aromatic carbocycles. The first kappa shape index (κ1) is 17.6. The Kier molecular flexibility index (Phi) is 3.64. The summed E-state index contributed by atoms with van der Waals surface area (Å²) in [5, 5.41) is 2.25. The molecule has 1 fully saturated rings. The largest absolute Gasteiger partial charge is 0.494 e. The Bertz CT molecular complexity index is 976. The second-order valence-corrected chi connectivity index (χ2v) is 9.38. The van der Waals surface area contributed by atoms with Gasteiger partial charge in [0.05, 0.1) is 11.2 Å². The Morgan fingerprint density at radius 3 is 2.12 bits per heavy atom. The van der Waals surface area contributed by atoms with Crippen molar-refractivity contribution >= 4 is 34.5 Å². The molecule has 0 aliphatic carbocycles. The van der Waals surface area contributed by atoms with Crippen molar-refractivity contribution in [1.29, 1.82) is 0 Å². The van der Waals surface area contributed by atoms with Gasteiger partial charge >= 0.3 is 7.12 Å². The molecule has 4 heteroatoms. The van der Waals surface area contributed by atoms with Crippen molar-refractivity contribution in [3.63, 3.8) is 0 Å². The van der Waals surface area contributed by atoms with Crippen LogP contribution in [0.25, 0.3) is 21.9 Å². The highest BCUT2D eigenvalue weighted by molar-refractivity contribution is 6.62. The predicted octanol–water partition coefficient (Wildman–Crippen LogP) is 5.18. The molecule has 1 aromatic heterocycles. The number of furan rings is 1. The smallest absolute Gasteiger partial charge is 0.456 e. The molecule has 0 N–H and O–H groups in total. The maximum Gasteiger partial charge on any atom is 0.494 e. The van der Waals surface area contributed by atoms with Crippen molar-refractivity contribution in [2.45, 2.75) is 65.1 Å². The third-order valence-electron chi connectivity index (χ3n) is 5.85. The van der Waals surface area contributed by atoms with Crippen LogP contribution in [0.1, 0.15) is 54.0 Å². The monoisotopic (exact) mass is 350 g/mol. The van der Waals surface area contributed by atoms with Crippen molar-refractivity contribution in [1.82, 2.24) is 0 Å². The summed E-state index contributed by atoms with van der Waals surface area (Å²) in [7, 11) is -0.361. The fourth-order valence-corrected chi connectivity index (χ4v) is 3.53. The maximum absolute atomic E-state index is 6.23. The van der Waals surface area contributed by atoms with E-state index in [1.165, 1.54) is 5.56 Å². The summed E-state index contributed by atoms with van der Waals surface area (Å²) in [5.41, 5.74) is 3.47. The quantitative estimate of drug-likeness (QED) is 0.567. The fraction of sp³-hybridized carbons (Fsp3) is 0.455. The second-order valence-electron chi connectivity index (χ2n) is 9.38. The van der Waals surface area contributed by atoms with Crippen LogP contribution in [0.15, 0.2) is 40.8 Å². The third-order valence-corrected chi connectivity index (χ3v) is 5.85. The summed E-state index contributed by atoms with van der Waals surface area (Å²) < 4.78 is 18.7. The predicted molar refractivity (Wildman–Crippen MR) is 108 cm³/mol. The summed E-state index contributed by atoms with van der Waals surface area (Å²) in [4.78, 5) is 0. The molecule has 136 valence electrons. The first-order valence-electron chi connectivity index (χ1n) is 9.31. The van der Waals surface area contributed by atoms with Crippen LogP contribution >= 0.6 is 0 Å². The topological polar surface area (TPSA) is 31.6 Å². The van der Waals surface area contributed by atoms with Gasteiger partial charge in [-0.1, -0.05) is 51.1 Å². The summed E-state index contributed by atoms with van der Waals surface area (Å²) in [6.07, 6.45) is 0. The standard InChI is InChI=1S/C22H27BO3/c1-20(2,3)17-10-8-9-15-16-13-14(11-12-18(16)24-19(15)17)23-25-21(4,5)22(6,7)26-23/h8-13H,1-7H3. The van der Waals surface area contributed by atoms with E-state index in [0.29, 0.717) is 0 Å². The van der Waals surface area contributed by atoms with E-state index in [1.807, 2.05) is 12.1 Å². The van der Waals surface area contributed by atoms with Gasteiger partial charge in [0.25, 0.3) is 0 Å². The Hall–Kier alpha value is -1.78. The Balaban J connectivity index is 1.85. The molecule has 3 aromatic rings. The minimum absolute atomic E-state index is 0.0297. The van der Waals surface area contributed by atoms with E-state index >= 15 is 0 Å². The Morgan fingerprint density at radius 2 is 1.50 bits per heavy atom. The van der Waals surface area contributed by atoms with Crippen LogP contribution in [-0.2, 0) is 14.7 Å². The van der Waals surface area contributed by atoms with Gasteiger partial charge in [0.2, 0.25) is 0 Å². The molecule has 1 aliphatic heterocycles. The lowest BCUT2D eigenvalue weighted by Gasteiger charge is -2.32. The molecule has 0 bridgehead atoms. The maximum atomic E-state index is 6.23. The second kappa shape index (κ2) is 5.37. The van der Waals surface area contributed by atoms with E-state index in [1.54, 1.807) is 0 Å². The highest BCUT2D eigenvalue weighted by atomic mass is 16.7. The molecular weight excluding hydrogens is 323 g/mol. The van der Waals surface area contributed by atoms with E-state index in [0.717, 1.165) is 27.4 Å². The molecule has 1 aliphatic rings. The highest BCUT2D eigenvalue weighted by Crippen LogP contribution is 2.38. The minimum Gasteiger partial charge on any atom is -0.456 e. The molecule has 0 atom stereocenters. The van der Waals surface area contributed by atoms with Crippen molar-refractivity contribution in [2.24, 2.45) is 0 Å². The molecule has 0 unspecified atom stereocenters. The van der Waals surface area contributed by atoms with Crippen LogP contribution in [-0.4, -0.2) is 18.3 Å². The molecule has 1 saturated heterocycles. The SMILES string of the molecule is CC(C)(C)c1cccc2c1oc1ccc(B3OC(C)(C)C(C)(C)O3)cc12. The van der Waals surface area contributed by atoms with Gasteiger partial charge in [-0.25, -0.2) is 0 Å². The molecule has 0 radical (unpaired) electrons. The first-order valence-corrected chi connectivity index (χ1v) is 9.31. The number of rotatable bonds is 1. The van der Waals surface area contributed by atoms with Gasteiger partial charge in [0.1, 0.15) is 11.2 Å². The zero-order chi connectivity index (χ0) is 18.9. The number of hydrogen-bond donors (Lipinski definition) is 0. The van der Waals surface area contributed by atoms with Crippen LogP contribution in [0.3, 0.4) is 0 Å². The van der Waals surface area contributed by atoms with Crippen LogP contribution in [0.5, 0.6) is 0 Å². The van der Waals surface area contributed by atoms with Gasteiger partial charge in [-0.15, -0.1) is 0 Å². The zero-order valence-corrected chi connectivity index (χ0v) is 16.8. The molecule has 0 saturated carbocycles. The summed E-state index contributed by atoms with van der Waals surface area (Å²) in [6.45, 7) is 15.0. The van der Waals surface area contributed by atoms with Gasteiger partial charge in [-0.2, -0.15) is 0 Å². The van der Waals surface area contributed by atoms with Gasteiger partial charge in [-0.3, -0.25) is 0 Å². The molecule has 4 rings (SSSR count). The van der Waals surface area contributed by atoms with Crippen LogP contribution < -0.4 is 5.46 Å².